The predicted molar refractivity (Wildman–Crippen MR) is 235 cm³/mol. The van der Waals surface area contributed by atoms with Crippen molar-refractivity contribution in [3.8, 4) is 5.75 Å². The zero-order valence-corrected chi connectivity index (χ0v) is 38.0. The monoisotopic (exact) mass is 888 g/mol. The number of nitrogens with one attached hydrogen (secondary N) is 6. The number of hydrogen-bond donors (Lipinski definition) is 9. The molecule has 9 atom stereocenters. The Kier molecular flexibility index (Phi) is 24.3. The van der Waals surface area contributed by atoms with Gasteiger partial charge in [0.05, 0.1) is 12.5 Å². The molecule has 1 aliphatic rings. The molecular formula is C45H73N7O11. The molecule has 7 amide bonds. The maximum atomic E-state index is 14.2. The van der Waals surface area contributed by atoms with Crippen LogP contribution in [0.25, 0.3) is 0 Å². The number of unbranched alkanes of at least 4 members (excludes halogenated alkanes) is 8. The number of amides is 7. The summed E-state index contributed by atoms with van der Waals surface area (Å²) in [6.07, 6.45) is 6.93. The lowest BCUT2D eigenvalue weighted by atomic mass is 9.94. The van der Waals surface area contributed by atoms with E-state index in [2.05, 4.69) is 38.8 Å². The fourth-order valence-corrected chi connectivity index (χ4v) is 7.10. The number of esters is 1. The van der Waals surface area contributed by atoms with Crippen molar-refractivity contribution >= 4 is 47.3 Å². The molecule has 0 saturated carbocycles. The average Bonchev–Trinajstić information content (AvgIpc) is 3.22. The van der Waals surface area contributed by atoms with Gasteiger partial charge in [-0.25, -0.2) is 4.79 Å². The van der Waals surface area contributed by atoms with Crippen LogP contribution in [-0.4, -0.2) is 106 Å². The van der Waals surface area contributed by atoms with Crippen LogP contribution in [0.2, 0.25) is 0 Å². The highest BCUT2D eigenvalue weighted by atomic mass is 16.5. The Labute approximate surface area is 371 Å². The SMILES string of the molecule is CCCCCCCCCC[C@@H](C)[C@@H]1CC(=O)NC([C@@H](C)O)C(=O)N[C@@H](C)C(=O)N[C@H](C)C(=O)N[C@@H](CCC(N)=O)C(=O)NC(Cc2ccc(O)cc2)C(=O)NC(CCCC)C(=O)O1. The van der Waals surface area contributed by atoms with E-state index in [1.165, 1.54) is 45.7 Å². The molecule has 0 aromatic heterocycles. The summed E-state index contributed by atoms with van der Waals surface area (Å²) in [6.45, 7) is 9.86. The number of aromatic hydroxyl groups is 1. The van der Waals surface area contributed by atoms with Gasteiger partial charge in [0.2, 0.25) is 41.4 Å². The molecule has 2 rings (SSSR count). The van der Waals surface area contributed by atoms with Gasteiger partial charge in [-0.1, -0.05) is 97.1 Å². The van der Waals surface area contributed by atoms with E-state index in [1.54, 1.807) is 12.1 Å². The molecule has 63 heavy (non-hydrogen) atoms. The quantitative estimate of drug-likeness (QED) is 0.0717. The standard InChI is InChI=1S/C45H73N7O11/c1-7-9-11-12-13-14-15-16-17-27(3)36-26-38(56)52-39(30(6)53)44(61)48-28(4)40(57)47-29(5)41(58)49-33(23-24-37(46)55)42(59)51-35(25-31-19-21-32(54)22-20-31)43(60)50-34(18-10-8-2)45(62)63-36/h19-22,27-30,33-36,39,53-54H,7-18,23-26H2,1-6H3,(H2,46,55)(H,47,57)(H,48,61)(H,49,58)(H,50,60)(H,51,59)(H,52,56)/t27-,28+,29-,30-,33+,34?,35?,36+,39?/m1/s1. The molecule has 18 heteroatoms. The van der Waals surface area contributed by atoms with Gasteiger partial charge >= 0.3 is 5.97 Å². The zero-order chi connectivity index (χ0) is 47.1. The number of aliphatic hydroxyl groups is 1. The van der Waals surface area contributed by atoms with Crippen LogP contribution < -0.4 is 37.6 Å². The molecule has 18 nitrogen and oxygen atoms in total. The number of benzene rings is 1. The normalized spacial score (nSPS) is 24.7. The minimum Gasteiger partial charge on any atom is -0.508 e. The minimum atomic E-state index is -1.52. The van der Waals surface area contributed by atoms with Crippen LogP contribution in [0.3, 0.4) is 0 Å². The molecule has 0 aliphatic carbocycles. The van der Waals surface area contributed by atoms with E-state index in [9.17, 15) is 48.6 Å². The third kappa shape index (κ3) is 20.2. The number of nitrogens with two attached hydrogens (primary N) is 1. The molecule has 1 aromatic carbocycles. The summed E-state index contributed by atoms with van der Waals surface area (Å²) < 4.78 is 6.07. The summed E-state index contributed by atoms with van der Waals surface area (Å²) in [5.74, 6) is -6.89. The molecule has 3 unspecified atom stereocenters. The van der Waals surface area contributed by atoms with Crippen molar-refractivity contribution in [2.45, 2.75) is 193 Å². The van der Waals surface area contributed by atoms with Gasteiger partial charge in [-0.3, -0.25) is 33.6 Å². The molecule has 0 spiro atoms. The highest BCUT2D eigenvalue weighted by molar-refractivity contribution is 5.97. The van der Waals surface area contributed by atoms with Gasteiger partial charge in [-0.15, -0.1) is 0 Å². The van der Waals surface area contributed by atoms with Crippen molar-refractivity contribution in [1.82, 2.24) is 31.9 Å². The Bertz CT molecular complexity index is 1660. The molecule has 1 aromatic rings. The molecule has 0 radical (unpaired) electrons. The van der Waals surface area contributed by atoms with Gasteiger partial charge in [0.15, 0.2) is 0 Å². The van der Waals surface area contributed by atoms with Crippen molar-refractivity contribution < 1.29 is 53.3 Å². The van der Waals surface area contributed by atoms with Gasteiger partial charge in [-0.05, 0) is 63.6 Å². The van der Waals surface area contributed by atoms with Gasteiger partial charge in [0.1, 0.15) is 48.1 Å². The summed E-state index contributed by atoms with van der Waals surface area (Å²) >= 11 is 0. The summed E-state index contributed by atoms with van der Waals surface area (Å²) in [6, 6.07) is -2.16. The number of rotatable bonds is 19. The fraction of sp³-hybridized carbons (Fsp3) is 0.689. The van der Waals surface area contributed by atoms with Crippen LogP contribution in [0.5, 0.6) is 5.75 Å². The zero-order valence-electron chi connectivity index (χ0n) is 38.0. The predicted octanol–water partition coefficient (Wildman–Crippen LogP) is 2.20. The third-order valence-corrected chi connectivity index (χ3v) is 11.2. The molecule has 1 fully saturated rings. The molecule has 1 saturated heterocycles. The largest absolute Gasteiger partial charge is 0.508 e. The number of primary amides is 1. The van der Waals surface area contributed by atoms with Crippen molar-refractivity contribution in [2.75, 3.05) is 0 Å². The lowest BCUT2D eigenvalue weighted by molar-refractivity contribution is -0.157. The Morgan fingerprint density at radius 3 is 1.79 bits per heavy atom. The molecule has 1 aliphatic heterocycles. The van der Waals surface area contributed by atoms with Crippen molar-refractivity contribution in [2.24, 2.45) is 11.7 Å². The van der Waals surface area contributed by atoms with Crippen LogP contribution in [0.1, 0.15) is 143 Å². The third-order valence-electron chi connectivity index (χ3n) is 11.2. The van der Waals surface area contributed by atoms with E-state index in [0.717, 1.165) is 38.5 Å². The van der Waals surface area contributed by atoms with Gasteiger partial charge < -0.3 is 52.6 Å². The number of aliphatic hydroxyl groups excluding tert-OH is 1. The molecule has 354 valence electrons. The van der Waals surface area contributed by atoms with E-state index >= 15 is 0 Å². The summed E-state index contributed by atoms with van der Waals surface area (Å²) in [5, 5.41) is 35.8. The van der Waals surface area contributed by atoms with Gasteiger partial charge in [0.25, 0.3) is 0 Å². The van der Waals surface area contributed by atoms with Gasteiger partial charge in [0, 0.05) is 12.8 Å². The second-order valence-corrected chi connectivity index (χ2v) is 16.9. The van der Waals surface area contributed by atoms with E-state index in [4.69, 9.17) is 10.5 Å². The van der Waals surface area contributed by atoms with E-state index < -0.39 is 95.8 Å². The first-order chi connectivity index (χ1) is 29.9. The minimum absolute atomic E-state index is 0.0365. The maximum absolute atomic E-state index is 14.2. The van der Waals surface area contributed by atoms with Crippen LogP contribution in [0.4, 0.5) is 0 Å². The van der Waals surface area contributed by atoms with Crippen LogP contribution in [0, 0.1) is 5.92 Å². The Balaban J connectivity index is 2.59. The molecule has 1 heterocycles. The summed E-state index contributed by atoms with van der Waals surface area (Å²) in [7, 11) is 0. The lowest BCUT2D eigenvalue weighted by Gasteiger charge is -2.29. The van der Waals surface area contributed by atoms with Gasteiger partial charge in [-0.2, -0.15) is 0 Å². The number of ether oxygens (including phenoxy) is 1. The number of carbonyl (C=O) groups is 8. The van der Waals surface area contributed by atoms with E-state index in [0.29, 0.717) is 24.8 Å². The number of hydrogen-bond acceptors (Lipinski definition) is 11. The Hall–Kier alpha value is -5.26. The fourth-order valence-electron chi connectivity index (χ4n) is 7.10. The first-order valence-electron chi connectivity index (χ1n) is 22.6. The molecular weight excluding hydrogens is 815 g/mol. The maximum Gasteiger partial charge on any atom is 0.328 e. The van der Waals surface area contributed by atoms with Crippen molar-refractivity contribution in [3.05, 3.63) is 29.8 Å². The molecule has 10 N–H and O–H groups in total. The number of phenols is 1. The van der Waals surface area contributed by atoms with Crippen molar-refractivity contribution in [3.63, 3.8) is 0 Å². The van der Waals surface area contributed by atoms with E-state index in [-0.39, 0.29) is 43.8 Å². The van der Waals surface area contributed by atoms with Crippen LogP contribution in [0.15, 0.2) is 24.3 Å². The Morgan fingerprint density at radius 1 is 0.683 bits per heavy atom. The van der Waals surface area contributed by atoms with Crippen LogP contribution >= 0.6 is 0 Å². The highest BCUT2D eigenvalue weighted by Crippen LogP contribution is 2.22. The highest BCUT2D eigenvalue weighted by Gasteiger charge is 2.35. The number of carbonyl (C=O) groups excluding carboxylic acids is 8. The van der Waals surface area contributed by atoms with E-state index in [1.807, 2.05) is 13.8 Å². The lowest BCUT2D eigenvalue weighted by Crippen LogP contribution is -2.60. The number of phenolic OH excluding ortho intramolecular Hbond substituents is 1. The topological polar surface area (TPSA) is 284 Å². The molecule has 0 bridgehead atoms. The Morgan fingerprint density at radius 2 is 1.21 bits per heavy atom. The van der Waals surface area contributed by atoms with Crippen LogP contribution in [-0.2, 0) is 49.5 Å². The summed E-state index contributed by atoms with van der Waals surface area (Å²) in [4.78, 5) is 108. The average molecular weight is 888 g/mol. The second-order valence-electron chi connectivity index (χ2n) is 16.9. The second kappa shape index (κ2) is 28.4. The first kappa shape index (κ1) is 53.9. The smallest absolute Gasteiger partial charge is 0.328 e. The number of cyclic esters (lactones) is 1. The summed E-state index contributed by atoms with van der Waals surface area (Å²) in [5.41, 5.74) is 5.91. The first-order valence-corrected chi connectivity index (χ1v) is 22.6. The van der Waals surface area contributed by atoms with Crippen molar-refractivity contribution in [1.29, 1.82) is 0 Å².